The molecular weight excluding hydrogens is 222 g/mol. The Hall–Kier alpha value is -1.43. The standard InChI is InChI=1S/C11H13N3OS/c1-15-11-9(3-2-5-13-11)10(14-12)8-4-6-16-7-8/h2-7,10,14H,12H2,1H3. The van der Waals surface area contributed by atoms with Crippen molar-refractivity contribution in [3.8, 4) is 5.88 Å². The van der Waals surface area contributed by atoms with Crippen molar-refractivity contribution < 1.29 is 4.74 Å². The number of hydrogen-bond acceptors (Lipinski definition) is 5. The van der Waals surface area contributed by atoms with Crippen molar-refractivity contribution >= 4 is 11.3 Å². The van der Waals surface area contributed by atoms with E-state index in [2.05, 4.69) is 15.8 Å². The van der Waals surface area contributed by atoms with Gasteiger partial charge in [0.25, 0.3) is 0 Å². The largest absolute Gasteiger partial charge is 0.481 e. The highest BCUT2D eigenvalue weighted by Crippen LogP contribution is 2.28. The highest BCUT2D eigenvalue weighted by atomic mass is 32.1. The fourth-order valence-corrected chi connectivity index (χ4v) is 2.28. The Kier molecular flexibility index (Phi) is 3.51. The molecule has 1 atom stereocenters. The topological polar surface area (TPSA) is 60.2 Å². The first kappa shape index (κ1) is 11.1. The number of nitrogens with two attached hydrogens (primary N) is 1. The third kappa shape index (κ3) is 2.06. The molecule has 0 radical (unpaired) electrons. The third-order valence-corrected chi connectivity index (χ3v) is 3.05. The Labute approximate surface area is 98.1 Å². The zero-order valence-corrected chi connectivity index (χ0v) is 9.70. The summed E-state index contributed by atoms with van der Waals surface area (Å²) in [5.41, 5.74) is 4.83. The lowest BCUT2D eigenvalue weighted by Gasteiger charge is -2.16. The van der Waals surface area contributed by atoms with Gasteiger partial charge in [0.1, 0.15) is 0 Å². The molecule has 16 heavy (non-hydrogen) atoms. The molecule has 84 valence electrons. The van der Waals surface area contributed by atoms with Crippen LogP contribution in [0, 0.1) is 0 Å². The Morgan fingerprint density at radius 1 is 1.50 bits per heavy atom. The molecule has 0 saturated carbocycles. The molecule has 2 aromatic heterocycles. The lowest BCUT2D eigenvalue weighted by Crippen LogP contribution is -2.29. The van der Waals surface area contributed by atoms with E-state index < -0.39 is 0 Å². The summed E-state index contributed by atoms with van der Waals surface area (Å²) in [5, 5.41) is 4.07. The van der Waals surface area contributed by atoms with Crippen molar-refractivity contribution in [2.75, 3.05) is 7.11 Å². The summed E-state index contributed by atoms with van der Waals surface area (Å²) in [6.45, 7) is 0. The van der Waals surface area contributed by atoms with E-state index in [1.54, 1.807) is 24.6 Å². The molecule has 2 rings (SSSR count). The van der Waals surface area contributed by atoms with Gasteiger partial charge in [-0.15, -0.1) is 0 Å². The van der Waals surface area contributed by atoms with Crippen LogP contribution < -0.4 is 16.0 Å². The summed E-state index contributed by atoms with van der Waals surface area (Å²) in [5.74, 6) is 6.19. The summed E-state index contributed by atoms with van der Waals surface area (Å²) in [4.78, 5) is 4.16. The molecule has 3 N–H and O–H groups in total. The summed E-state index contributed by atoms with van der Waals surface area (Å²) in [6, 6.07) is 5.76. The number of rotatable bonds is 4. The molecular formula is C11H13N3OS. The van der Waals surface area contributed by atoms with E-state index in [9.17, 15) is 0 Å². The molecule has 2 aromatic rings. The molecule has 0 bridgehead atoms. The van der Waals surface area contributed by atoms with E-state index in [0.29, 0.717) is 5.88 Å². The van der Waals surface area contributed by atoms with Gasteiger partial charge in [0.05, 0.1) is 13.2 Å². The van der Waals surface area contributed by atoms with Crippen LogP contribution in [0.5, 0.6) is 5.88 Å². The molecule has 0 spiro atoms. The van der Waals surface area contributed by atoms with E-state index in [1.807, 2.05) is 23.6 Å². The first-order valence-corrected chi connectivity index (χ1v) is 5.78. The smallest absolute Gasteiger partial charge is 0.218 e. The highest BCUT2D eigenvalue weighted by molar-refractivity contribution is 7.08. The molecule has 4 nitrogen and oxygen atoms in total. The van der Waals surface area contributed by atoms with E-state index in [1.165, 1.54) is 0 Å². The second-order valence-corrected chi connectivity index (χ2v) is 4.04. The van der Waals surface area contributed by atoms with Crippen molar-refractivity contribution in [1.29, 1.82) is 0 Å². The van der Waals surface area contributed by atoms with Gasteiger partial charge in [0.2, 0.25) is 5.88 Å². The maximum Gasteiger partial charge on any atom is 0.218 e. The molecule has 0 aliphatic carbocycles. The van der Waals surface area contributed by atoms with Gasteiger partial charge in [-0.2, -0.15) is 11.3 Å². The number of hydrogen-bond donors (Lipinski definition) is 2. The predicted molar refractivity (Wildman–Crippen MR) is 64.3 cm³/mol. The molecule has 0 saturated heterocycles. The highest BCUT2D eigenvalue weighted by Gasteiger charge is 2.17. The first-order valence-electron chi connectivity index (χ1n) is 4.84. The molecule has 0 aliphatic heterocycles. The minimum absolute atomic E-state index is 0.0881. The average Bonchev–Trinajstić information content (AvgIpc) is 2.84. The number of hydrazine groups is 1. The van der Waals surface area contributed by atoms with Crippen LogP contribution in [-0.2, 0) is 0 Å². The Morgan fingerprint density at radius 2 is 2.38 bits per heavy atom. The normalized spacial score (nSPS) is 12.4. The van der Waals surface area contributed by atoms with Crippen LogP contribution in [0.4, 0.5) is 0 Å². The molecule has 5 heteroatoms. The van der Waals surface area contributed by atoms with Gasteiger partial charge in [-0.1, -0.05) is 6.07 Å². The van der Waals surface area contributed by atoms with Gasteiger partial charge in [-0.05, 0) is 28.5 Å². The van der Waals surface area contributed by atoms with Gasteiger partial charge in [0, 0.05) is 11.8 Å². The van der Waals surface area contributed by atoms with Crippen LogP contribution in [0.2, 0.25) is 0 Å². The lowest BCUT2D eigenvalue weighted by atomic mass is 10.0. The van der Waals surface area contributed by atoms with Gasteiger partial charge < -0.3 is 4.74 Å². The molecule has 2 heterocycles. The van der Waals surface area contributed by atoms with Crippen LogP contribution in [0.3, 0.4) is 0 Å². The summed E-state index contributed by atoms with van der Waals surface area (Å²) in [6.07, 6.45) is 1.70. The van der Waals surface area contributed by atoms with Crippen LogP contribution in [0.1, 0.15) is 17.2 Å². The van der Waals surface area contributed by atoms with E-state index in [0.717, 1.165) is 11.1 Å². The second-order valence-electron chi connectivity index (χ2n) is 3.26. The van der Waals surface area contributed by atoms with Crippen LogP contribution in [0.25, 0.3) is 0 Å². The van der Waals surface area contributed by atoms with Gasteiger partial charge in [-0.3, -0.25) is 5.84 Å². The minimum atomic E-state index is -0.0881. The van der Waals surface area contributed by atoms with Crippen LogP contribution in [-0.4, -0.2) is 12.1 Å². The number of ether oxygens (including phenoxy) is 1. The van der Waals surface area contributed by atoms with Crippen molar-refractivity contribution in [3.63, 3.8) is 0 Å². The molecule has 0 aliphatic rings. The van der Waals surface area contributed by atoms with Crippen molar-refractivity contribution in [3.05, 3.63) is 46.3 Å². The number of aromatic nitrogens is 1. The fourth-order valence-electron chi connectivity index (χ4n) is 1.60. The quantitative estimate of drug-likeness (QED) is 0.625. The minimum Gasteiger partial charge on any atom is -0.481 e. The van der Waals surface area contributed by atoms with Crippen LogP contribution in [0.15, 0.2) is 35.2 Å². The number of methoxy groups -OCH3 is 1. The maximum atomic E-state index is 5.59. The third-order valence-electron chi connectivity index (χ3n) is 2.35. The first-order chi connectivity index (χ1) is 7.86. The Morgan fingerprint density at radius 3 is 3.00 bits per heavy atom. The zero-order valence-electron chi connectivity index (χ0n) is 8.88. The van der Waals surface area contributed by atoms with Gasteiger partial charge >= 0.3 is 0 Å². The molecule has 0 aromatic carbocycles. The maximum absolute atomic E-state index is 5.59. The fraction of sp³-hybridized carbons (Fsp3) is 0.182. The van der Waals surface area contributed by atoms with Crippen molar-refractivity contribution in [2.45, 2.75) is 6.04 Å². The SMILES string of the molecule is COc1ncccc1C(NN)c1ccsc1. The zero-order chi connectivity index (χ0) is 11.4. The average molecular weight is 235 g/mol. The van der Waals surface area contributed by atoms with Gasteiger partial charge in [0.15, 0.2) is 0 Å². The van der Waals surface area contributed by atoms with E-state index >= 15 is 0 Å². The van der Waals surface area contributed by atoms with Crippen molar-refractivity contribution in [2.24, 2.45) is 5.84 Å². The Bertz CT molecular complexity index is 444. The lowest BCUT2D eigenvalue weighted by molar-refractivity contribution is 0.387. The van der Waals surface area contributed by atoms with E-state index in [4.69, 9.17) is 10.6 Å². The summed E-state index contributed by atoms with van der Waals surface area (Å²) >= 11 is 1.63. The van der Waals surface area contributed by atoms with Crippen molar-refractivity contribution in [1.82, 2.24) is 10.4 Å². The molecule has 0 fully saturated rings. The van der Waals surface area contributed by atoms with Crippen LogP contribution >= 0.6 is 11.3 Å². The summed E-state index contributed by atoms with van der Waals surface area (Å²) < 4.78 is 5.22. The number of nitrogens with zero attached hydrogens (tertiary/aromatic N) is 1. The second kappa shape index (κ2) is 5.07. The molecule has 1 unspecified atom stereocenters. The monoisotopic (exact) mass is 235 g/mol. The summed E-state index contributed by atoms with van der Waals surface area (Å²) in [7, 11) is 1.60. The van der Waals surface area contributed by atoms with Gasteiger partial charge in [-0.25, -0.2) is 10.4 Å². The number of pyridine rings is 1. The Balaban J connectivity index is 2.41. The molecule has 0 amide bonds. The van der Waals surface area contributed by atoms with E-state index in [-0.39, 0.29) is 6.04 Å². The predicted octanol–water partition coefficient (Wildman–Crippen LogP) is 1.70. The number of nitrogens with one attached hydrogen (secondary N) is 1. The number of thiophene rings is 1.